The van der Waals surface area contributed by atoms with Gasteiger partial charge in [0.15, 0.2) is 0 Å². The van der Waals surface area contributed by atoms with Gasteiger partial charge < -0.3 is 10.1 Å². The van der Waals surface area contributed by atoms with Crippen LogP contribution in [0.4, 0.5) is 5.69 Å². The van der Waals surface area contributed by atoms with Gasteiger partial charge in [0.1, 0.15) is 12.3 Å². The summed E-state index contributed by atoms with van der Waals surface area (Å²) in [6, 6.07) is 14.4. The van der Waals surface area contributed by atoms with E-state index in [1.54, 1.807) is 19.2 Å². The van der Waals surface area contributed by atoms with Crippen LogP contribution >= 0.6 is 0 Å². The number of benzene rings is 2. The molecule has 1 unspecified atom stereocenters. The molecule has 7 heteroatoms. The number of amides is 1. The Labute approximate surface area is 173 Å². The molecule has 158 valence electrons. The van der Waals surface area contributed by atoms with Crippen molar-refractivity contribution in [3.63, 3.8) is 0 Å². The third-order valence-corrected chi connectivity index (χ3v) is 5.71. The molecule has 0 aliphatic carbocycles. The molecule has 0 saturated carbocycles. The Balaban J connectivity index is 2.20. The molecule has 2 rings (SSSR count). The van der Waals surface area contributed by atoms with E-state index in [4.69, 9.17) is 4.74 Å². The fraction of sp³-hybridized carbons (Fsp3) is 0.409. The minimum Gasteiger partial charge on any atom is -0.497 e. The number of hydrogen-bond acceptors (Lipinski definition) is 4. The summed E-state index contributed by atoms with van der Waals surface area (Å²) >= 11 is 0. The monoisotopic (exact) mass is 418 g/mol. The highest BCUT2D eigenvalue weighted by Gasteiger charge is 2.23. The molecular weight excluding hydrogens is 388 g/mol. The highest BCUT2D eigenvalue weighted by molar-refractivity contribution is 7.92. The molecule has 1 amide bonds. The van der Waals surface area contributed by atoms with Gasteiger partial charge in [-0.3, -0.25) is 9.10 Å². The Morgan fingerprint density at radius 3 is 2.14 bits per heavy atom. The first-order valence-corrected chi connectivity index (χ1v) is 11.4. The van der Waals surface area contributed by atoms with E-state index >= 15 is 0 Å². The Morgan fingerprint density at radius 1 is 1.07 bits per heavy atom. The van der Waals surface area contributed by atoms with Gasteiger partial charge in [0.2, 0.25) is 15.9 Å². The minimum atomic E-state index is -3.60. The predicted octanol–water partition coefficient (Wildman–Crippen LogP) is 3.67. The van der Waals surface area contributed by atoms with Gasteiger partial charge in [-0.25, -0.2) is 8.42 Å². The van der Waals surface area contributed by atoms with Gasteiger partial charge in [0.05, 0.1) is 25.1 Å². The molecule has 0 aliphatic rings. The summed E-state index contributed by atoms with van der Waals surface area (Å²) in [4.78, 5) is 12.8. The van der Waals surface area contributed by atoms with E-state index in [9.17, 15) is 13.2 Å². The fourth-order valence-electron chi connectivity index (χ4n) is 3.07. The first-order valence-electron chi connectivity index (χ1n) is 9.58. The molecule has 0 heterocycles. The quantitative estimate of drug-likeness (QED) is 0.674. The molecule has 1 N–H and O–H groups in total. The summed E-state index contributed by atoms with van der Waals surface area (Å²) in [5, 5.41) is 3.00. The molecule has 0 bridgehead atoms. The summed E-state index contributed by atoms with van der Waals surface area (Å²) in [5.41, 5.74) is 2.44. The first kappa shape index (κ1) is 22.7. The maximum atomic E-state index is 12.8. The van der Waals surface area contributed by atoms with E-state index in [1.807, 2.05) is 43.3 Å². The Morgan fingerprint density at radius 2 is 1.66 bits per heavy atom. The zero-order valence-electron chi connectivity index (χ0n) is 17.7. The van der Waals surface area contributed by atoms with Gasteiger partial charge in [0.25, 0.3) is 0 Å². The predicted molar refractivity (Wildman–Crippen MR) is 117 cm³/mol. The molecule has 2 aromatic carbocycles. The normalized spacial score (nSPS) is 12.5. The number of sulfonamides is 1. The number of hydrogen-bond donors (Lipinski definition) is 1. The van der Waals surface area contributed by atoms with Crippen LogP contribution < -0.4 is 14.4 Å². The maximum Gasteiger partial charge on any atom is 0.241 e. The Bertz CT molecular complexity index is 907. The molecule has 6 nitrogen and oxygen atoms in total. The number of aryl methyl sites for hydroxylation is 1. The van der Waals surface area contributed by atoms with E-state index < -0.39 is 10.0 Å². The number of carbonyl (C=O) groups excluding carboxylic acids is 1. The van der Waals surface area contributed by atoms with Crippen LogP contribution in [0.3, 0.4) is 0 Å². The molecular formula is C22H30N2O4S. The summed E-state index contributed by atoms with van der Waals surface area (Å²) in [7, 11) is -2.00. The lowest BCUT2D eigenvalue weighted by Gasteiger charge is -2.25. The van der Waals surface area contributed by atoms with Crippen molar-refractivity contribution in [2.45, 2.75) is 33.2 Å². The van der Waals surface area contributed by atoms with Gasteiger partial charge in [-0.15, -0.1) is 0 Å². The van der Waals surface area contributed by atoms with Crippen molar-refractivity contribution in [3.05, 3.63) is 59.7 Å². The summed E-state index contributed by atoms with van der Waals surface area (Å²) in [5.74, 6) is 0.744. The number of nitrogens with one attached hydrogen (secondary N) is 1. The van der Waals surface area contributed by atoms with E-state index in [2.05, 4.69) is 19.2 Å². The molecule has 29 heavy (non-hydrogen) atoms. The molecule has 0 aromatic heterocycles. The number of methoxy groups -OCH3 is 1. The van der Waals surface area contributed by atoms with E-state index in [1.165, 1.54) is 0 Å². The number of nitrogens with zero attached hydrogens (tertiary/aromatic N) is 1. The van der Waals surface area contributed by atoms with Crippen molar-refractivity contribution >= 4 is 21.6 Å². The van der Waals surface area contributed by atoms with E-state index in [0.29, 0.717) is 11.6 Å². The van der Waals surface area contributed by atoms with Gasteiger partial charge in [0, 0.05) is 0 Å². The molecule has 0 saturated heterocycles. The zero-order chi connectivity index (χ0) is 21.6. The number of anilines is 1. The van der Waals surface area contributed by atoms with Crippen molar-refractivity contribution in [1.29, 1.82) is 0 Å². The van der Waals surface area contributed by atoms with E-state index in [-0.39, 0.29) is 18.5 Å². The largest absolute Gasteiger partial charge is 0.497 e. The summed E-state index contributed by atoms with van der Waals surface area (Å²) < 4.78 is 30.9. The van der Waals surface area contributed by atoms with Crippen LogP contribution in [0.2, 0.25) is 0 Å². The minimum absolute atomic E-state index is 0.215. The van der Waals surface area contributed by atoms with Crippen LogP contribution in [-0.2, 0) is 14.8 Å². The van der Waals surface area contributed by atoms with Crippen LogP contribution in [0.15, 0.2) is 48.5 Å². The summed E-state index contributed by atoms with van der Waals surface area (Å²) in [6.45, 7) is 5.81. The Hall–Kier alpha value is -2.54. The van der Waals surface area contributed by atoms with E-state index in [0.717, 1.165) is 33.9 Å². The standard InChI is InChI=1S/C22H30N2O4S/c1-16(2)14-21(18-8-12-20(28-4)13-9-18)23-22(25)15-24(29(5,26)27)19-10-6-17(3)7-11-19/h6-13,16,21H,14-15H2,1-5H3,(H,23,25). The second-order valence-corrected chi connectivity index (χ2v) is 9.53. The van der Waals surface area contributed by atoms with Crippen LogP contribution in [0.1, 0.15) is 37.4 Å². The second-order valence-electron chi connectivity index (χ2n) is 7.63. The number of carbonyl (C=O) groups is 1. The molecule has 0 radical (unpaired) electrons. The zero-order valence-corrected chi connectivity index (χ0v) is 18.5. The van der Waals surface area contributed by atoms with Crippen molar-refractivity contribution in [2.24, 2.45) is 5.92 Å². The van der Waals surface area contributed by atoms with Crippen molar-refractivity contribution in [2.75, 3.05) is 24.2 Å². The average molecular weight is 419 g/mol. The van der Waals surface area contributed by atoms with Crippen LogP contribution in [0.25, 0.3) is 0 Å². The molecule has 0 spiro atoms. The SMILES string of the molecule is COc1ccc(C(CC(C)C)NC(=O)CN(c2ccc(C)cc2)S(C)(=O)=O)cc1. The highest BCUT2D eigenvalue weighted by Crippen LogP contribution is 2.24. The lowest BCUT2D eigenvalue weighted by molar-refractivity contribution is -0.120. The van der Waals surface area contributed by atoms with Gasteiger partial charge in [-0.2, -0.15) is 0 Å². The Kier molecular flexibility index (Phi) is 7.67. The van der Waals surface area contributed by atoms with Crippen LogP contribution in [-0.4, -0.2) is 34.2 Å². The van der Waals surface area contributed by atoms with Crippen molar-refractivity contribution in [1.82, 2.24) is 5.32 Å². The highest BCUT2D eigenvalue weighted by atomic mass is 32.2. The molecule has 0 aliphatic heterocycles. The molecule has 2 aromatic rings. The summed E-state index contributed by atoms with van der Waals surface area (Å²) in [6.07, 6.45) is 1.84. The average Bonchev–Trinajstić information content (AvgIpc) is 2.65. The molecule has 0 fully saturated rings. The van der Waals surface area contributed by atoms with Gasteiger partial charge in [-0.1, -0.05) is 43.7 Å². The maximum absolute atomic E-state index is 12.8. The first-order chi connectivity index (χ1) is 13.6. The lowest BCUT2D eigenvalue weighted by atomic mass is 9.97. The van der Waals surface area contributed by atoms with Crippen molar-refractivity contribution < 1.29 is 17.9 Å². The smallest absolute Gasteiger partial charge is 0.241 e. The van der Waals surface area contributed by atoms with Gasteiger partial charge >= 0.3 is 0 Å². The van der Waals surface area contributed by atoms with Gasteiger partial charge in [-0.05, 0) is 49.1 Å². The lowest BCUT2D eigenvalue weighted by Crippen LogP contribution is -2.41. The second kappa shape index (κ2) is 9.78. The third kappa shape index (κ3) is 6.78. The topological polar surface area (TPSA) is 75.7 Å². The van der Waals surface area contributed by atoms with Crippen LogP contribution in [0, 0.1) is 12.8 Å². The molecule has 1 atom stereocenters. The third-order valence-electron chi connectivity index (χ3n) is 4.57. The number of rotatable bonds is 9. The van der Waals surface area contributed by atoms with Crippen molar-refractivity contribution in [3.8, 4) is 5.75 Å². The fourth-order valence-corrected chi connectivity index (χ4v) is 3.92. The number of ether oxygens (including phenoxy) is 1. The van der Waals surface area contributed by atoms with Crippen LogP contribution in [0.5, 0.6) is 5.75 Å².